The summed E-state index contributed by atoms with van der Waals surface area (Å²) in [5.41, 5.74) is 0.918. The summed E-state index contributed by atoms with van der Waals surface area (Å²) in [4.78, 5) is 3.75. The maximum absolute atomic E-state index is 11.3. The molecule has 0 unspecified atom stereocenters. The Labute approximate surface area is 110 Å². The van der Waals surface area contributed by atoms with Crippen LogP contribution in [0, 0.1) is 0 Å². The van der Waals surface area contributed by atoms with Gasteiger partial charge in [-0.2, -0.15) is 0 Å². The Kier molecular flexibility index (Phi) is 3.84. The molecule has 0 spiro atoms. The first-order valence-corrected chi connectivity index (χ1v) is 7.45. The second kappa shape index (κ2) is 5.37. The SMILES string of the molecule is O=S(=O)(Cl)c1cccnc1OCc1ccccc1. The maximum Gasteiger partial charge on any atom is 0.266 e. The highest BCUT2D eigenvalue weighted by Gasteiger charge is 2.17. The number of rotatable bonds is 4. The maximum atomic E-state index is 11.3. The second-order valence-corrected chi connectivity index (χ2v) is 6.05. The summed E-state index contributed by atoms with van der Waals surface area (Å²) in [7, 11) is 1.44. The zero-order valence-corrected chi connectivity index (χ0v) is 10.9. The summed E-state index contributed by atoms with van der Waals surface area (Å²) in [6, 6.07) is 12.2. The summed E-state index contributed by atoms with van der Waals surface area (Å²) >= 11 is 0. The lowest BCUT2D eigenvalue weighted by Gasteiger charge is -2.07. The molecule has 2 aromatic rings. The molecular formula is C12H10ClNO3S. The van der Waals surface area contributed by atoms with E-state index in [0.29, 0.717) is 0 Å². The van der Waals surface area contributed by atoms with Gasteiger partial charge in [0.1, 0.15) is 11.5 Å². The first-order valence-electron chi connectivity index (χ1n) is 5.14. The molecule has 0 saturated heterocycles. The standard InChI is InChI=1S/C12H10ClNO3S/c13-18(15,16)11-7-4-8-14-12(11)17-9-10-5-2-1-3-6-10/h1-8H,9H2. The summed E-state index contributed by atoms with van der Waals surface area (Å²) in [6.45, 7) is 0.233. The van der Waals surface area contributed by atoms with Crippen LogP contribution in [-0.2, 0) is 15.7 Å². The quantitative estimate of drug-likeness (QED) is 0.809. The normalized spacial score (nSPS) is 11.2. The molecule has 4 nitrogen and oxygen atoms in total. The molecule has 0 aliphatic rings. The van der Waals surface area contributed by atoms with Crippen LogP contribution in [0.2, 0.25) is 0 Å². The summed E-state index contributed by atoms with van der Waals surface area (Å²) in [5.74, 6) is 0.0105. The van der Waals surface area contributed by atoms with E-state index in [4.69, 9.17) is 15.4 Å². The zero-order valence-electron chi connectivity index (χ0n) is 9.28. The van der Waals surface area contributed by atoms with Gasteiger partial charge in [-0.25, -0.2) is 13.4 Å². The van der Waals surface area contributed by atoms with Crippen LogP contribution >= 0.6 is 10.7 Å². The number of halogens is 1. The van der Waals surface area contributed by atoms with Crippen LogP contribution in [0.5, 0.6) is 5.88 Å². The van der Waals surface area contributed by atoms with E-state index in [1.165, 1.54) is 18.3 Å². The van der Waals surface area contributed by atoms with Crippen LogP contribution < -0.4 is 4.74 Å². The van der Waals surface area contributed by atoms with Gasteiger partial charge in [0, 0.05) is 16.9 Å². The number of benzene rings is 1. The number of ether oxygens (including phenoxy) is 1. The molecule has 0 saturated carbocycles. The first-order chi connectivity index (χ1) is 8.57. The topological polar surface area (TPSA) is 56.3 Å². The van der Waals surface area contributed by atoms with Crippen LogP contribution in [0.4, 0.5) is 0 Å². The average Bonchev–Trinajstić information content (AvgIpc) is 2.37. The molecule has 1 aromatic heterocycles. The van der Waals surface area contributed by atoms with E-state index in [0.717, 1.165) is 5.56 Å². The third kappa shape index (κ3) is 3.21. The number of nitrogens with zero attached hydrogens (tertiary/aromatic N) is 1. The lowest BCUT2D eigenvalue weighted by molar-refractivity contribution is 0.285. The molecule has 0 amide bonds. The van der Waals surface area contributed by atoms with Crippen LogP contribution in [0.25, 0.3) is 0 Å². The lowest BCUT2D eigenvalue weighted by atomic mass is 10.2. The number of pyridine rings is 1. The highest BCUT2D eigenvalue weighted by molar-refractivity contribution is 8.13. The molecule has 0 fully saturated rings. The fourth-order valence-electron chi connectivity index (χ4n) is 1.40. The molecule has 0 bridgehead atoms. The van der Waals surface area contributed by atoms with Gasteiger partial charge in [0.2, 0.25) is 5.88 Å². The monoisotopic (exact) mass is 283 g/mol. The Hall–Kier alpha value is -1.59. The van der Waals surface area contributed by atoms with Gasteiger partial charge in [0.25, 0.3) is 9.05 Å². The minimum absolute atomic E-state index is 0.0105. The molecule has 6 heteroatoms. The molecule has 2 rings (SSSR count). The van der Waals surface area contributed by atoms with E-state index in [1.54, 1.807) is 0 Å². The van der Waals surface area contributed by atoms with Crippen molar-refractivity contribution in [3.05, 3.63) is 54.2 Å². The van der Waals surface area contributed by atoms with Crippen LogP contribution in [0.1, 0.15) is 5.56 Å². The molecule has 1 aromatic carbocycles. The predicted molar refractivity (Wildman–Crippen MR) is 68.0 cm³/mol. The van der Waals surface area contributed by atoms with Crippen molar-refractivity contribution < 1.29 is 13.2 Å². The Morgan fingerprint density at radius 2 is 1.83 bits per heavy atom. The minimum atomic E-state index is -3.85. The van der Waals surface area contributed by atoms with Gasteiger partial charge < -0.3 is 4.74 Å². The smallest absolute Gasteiger partial charge is 0.266 e. The summed E-state index contributed by atoms with van der Waals surface area (Å²) in [5, 5.41) is 0. The molecule has 0 N–H and O–H groups in total. The lowest BCUT2D eigenvalue weighted by Crippen LogP contribution is -2.02. The van der Waals surface area contributed by atoms with Gasteiger partial charge in [-0.1, -0.05) is 30.3 Å². The zero-order chi connectivity index (χ0) is 13.0. The number of hydrogen-bond acceptors (Lipinski definition) is 4. The van der Waals surface area contributed by atoms with Gasteiger partial charge >= 0.3 is 0 Å². The molecule has 0 atom stereocenters. The van der Waals surface area contributed by atoms with Gasteiger partial charge in [0.15, 0.2) is 0 Å². The molecule has 18 heavy (non-hydrogen) atoms. The molecular weight excluding hydrogens is 274 g/mol. The van der Waals surface area contributed by atoms with E-state index >= 15 is 0 Å². The van der Waals surface area contributed by atoms with Crippen molar-refractivity contribution in [1.29, 1.82) is 0 Å². The van der Waals surface area contributed by atoms with Crippen LogP contribution in [0.15, 0.2) is 53.6 Å². The van der Waals surface area contributed by atoms with Crippen molar-refractivity contribution in [1.82, 2.24) is 4.98 Å². The van der Waals surface area contributed by atoms with Gasteiger partial charge in [-0.05, 0) is 17.7 Å². The van der Waals surface area contributed by atoms with Crippen molar-refractivity contribution in [3.8, 4) is 5.88 Å². The molecule has 0 radical (unpaired) electrons. The Balaban J connectivity index is 2.20. The fraction of sp³-hybridized carbons (Fsp3) is 0.0833. The van der Waals surface area contributed by atoms with Crippen molar-refractivity contribution >= 4 is 19.7 Å². The van der Waals surface area contributed by atoms with Crippen LogP contribution in [-0.4, -0.2) is 13.4 Å². The summed E-state index contributed by atoms with van der Waals surface area (Å²) < 4.78 is 28.0. The van der Waals surface area contributed by atoms with E-state index in [9.17, 15) is 8.42 Å². The highest BCUT2D eigenvalue weighted by atomic mass is 35.7. The van der Waals surface area contributed by atoms with E-state index in [-0.39, 0.29) is 17.4 Å². The Bertz CT molecular complexity index is 629. The van der Waals surface area contributed by atoms with Gasteiger partial charge in [-0.3, -0.25) is 0 Å². The van der Waals surface area contributed by atoms with E-state index < -0.39 is 9.05 Å². The third-order valence-corrected chi connectivity index (χ3v) is 3.55. The third-order valence-electron chi connectivity index (χ3n) is 2.22. The van der Waals surface area contributed by atoms with Crippen LogP contribution in [0.3, 0.4) is 0 Å². The Morgan fingerprint density at radius 3 is 2.50 bits per heavy atom. The average molecular weight is 284 g/mol. The van der Waals surface area contributed by atoms with Crippen molar-refractivity contribution in [2.45, 2.75) is 11.5 Å². The number of aromatic nitrogens is 1. The van der Waals surface area contributed by atoms with Crippen molar-refractivity contribution in [2.75, 3.05) is 0 Å². The summed E-state index contributed by atoms with van der Waals surface area (Å²) in [6.07, 6.45) is 1.45. The van der Waals surface area contributed by atoms with Crippen molar-refractivity contribution in [2.24, 2.45) is 0 Å². The highest BCUT2D eigenvalue weighted by Crippen LogP contribution is 2.24. The largest absolute Gasteiger partial charge is 0.472 e. The van der Waals surface area contributed by atoms with Gasteiger partial charge in [-0.15, -0.1) is 0 Å². The predicted octanol–water partition coefficient (Wildman–Crippen LogP) is 2.59. The number of hydrogen-bond donors (Lipinski definition) is 0. The fourth-order valence-corrected chi connectivity index (χ4v) is 2.31. The molecule has 1 heterocycles. The molecule has 0 aliphatic carbocycles. The first kappa shape index (κ1) is 12.9. The van der Waals surface area contributed by atoms with E-state index in [2.05, 4.69) is 4.98 Å². The Morgan fingerprint density at radius 1 is 1.11 bits per heavy atom. The molecule has 94 valence electrons. The van der Waals surface area contributed by atoms with Gasteiger partial charge in [0.05, 0.1) is 0 Å². The van der Waals surface area contributed by atoms with E-state index in [1.807, 2.05) is 30.3 Å². The molecule has 0 aliphatic heterocycles. The minimum Gasteiger partial charge on any atom is -0.472 e. The second-order valence-electron chi connectivity index (χ2n) is 3.52. The van der Waals surface area contributed by atoms with Crippen molar-refractivity contribution in [3.63, 3.8) is 0 Å².